The van der Waals surface area contributed by atoms with Gasteiger partial charge in [-0.05, 0) is 24.4 Å². The predicted octanol–water partition coefficient (Wildman–Crippen LogP) is 1.94. The molecular formula is C11H15BF2N2. The lowest BCUT2D eigenvalue weighted by Gasteiger charge is -2.19. The normalized spacial score (nSPS) is 10.8. The largest absolute Gasteiger partial charge is 0.395 e. The third-order valence-corrected chi connectivity index (χ3v) is 2.64. The molecule has 2 radical (unpaired) electrons. The standard InChI is InChI=1S/C11H15BF2N2/c1-3-6(4-2)16-8-5-7(13)9(12)10(14)11(8)15/h5-6,16H,3-4,15H2,1-2H3. The molecular weight excluding hydrogens is 209 g/mol. The summed E-state index contributed by atoms with van der Waals surface area (Å²) in [6.07, 6.45) is 1.70. The summed E-state index contributed by atoms with van der Waals surface area (Å²) < 4.78 is 26.6. The second-order valence-electron chi connectivity index (χ2n) is 3.71. The topological polar surface area (TPSA) is 38.0 Å². The van der Waals surface area contributed by atoms with Crippen molar-refractivity contribution in [1.82, 2.24) is 0 Å². The van der Waals surface area contributed by atoms with Crippen LogP contribution in [0.3, 0.4) is 0 Å². The Hall–Kier alpha value is -1.26. The molecule has 0 bridgehead atoms. The quantitative estimate of drug-likeness (QED) is 0.605. The Morgan fingerprint density at radius 1 is 1.38 bits per heavy atom. The molecule has 5 heteroatoms. The number of hydrogen-bond donors (Lipinski definition) is 2. The van der Waals surface area contributed by atoms with Gasteiger partial charge in [-0.25, -0.2) is 8.78 Å². The SMILES string of the molecule is [B]c1c(F)cc(NC(CC)CC)c(N)c1F. The summed E-state index contributed by atoms with van der Waals surface area (Å²) in [5.41, 5.74) is 5.12. The Morgan fingerprint density at radius 3 is 2.44 bits per heavy atom. The van der Waals surface area contributed by atoms with Crippen LogP contribution in [-0.2, 0) is 0 Å². The summed E-state index contributed by atoms with van der Waals surface area (Å²) in [5, 5.41) is 2.99. The number of hydrogen-bond acceptors (Lipinski definition) is 2. The van der Waals surface area contributed by atoms with Crippen LogP contribution in [-0.4, -0.2) is 13.9 Å². The number of rotatable bonds is 4. The van der Waals surface area contributed by atoms with Crippen LogP contribution in [0.1, 0.15) is 26.7 Å². The van der Waals surface area contributed by atoms with Gasteiger partial charge in [-0.1, -0.05) is 13.8 Å². The van der Waals surface area contributed by atoms with E-state index in [1.54, 1.807) is 0 Å². The monoisotopic (exact) mass is 224 g/mol. The molecule has 0 unspecified atom stereocenters. The molecule has 2 nitrogen and oxygen atoms in total. The molecule has 0 aliphatic carbocycles. The van der Waals surface area contributed by atoms with Gasteiger partial charge in [0.2, 0.25) is 0 Å². The van der Waals surface area contributed by atoms with Crippen molar-refractivity contribution in [3.63, 3.8) is 0 Å². The van der Waals surface area contributed by atoms with Gasteiger partial charge in [-0.3, -0.25) is 0 Å². The lowest BCUT2D eigenvalue weighted by Crippen LogP contribution is -2.22. The van der Waals surface area contributed by atoms with Crippen molar-refractivity contribution >= 4 is 24.7 Å². The molecule has 1 aromatic rings. The smallest absolute Gasteiger partial charge is 0.144 e. The number of nitrogens with one attached hydrogen (secondary N) is 1. The number of nitrogens with two attached hydrogens (primary N) is 1. The van der Waals surface area contributed by atoms with Gasteiger partial charge in [0, 0.05) is 6.04 Å². The van der Waals surface area contributed by atoms with Crippen molar-refractivity contribution in [2.24, 2.45) is 0 Å². The lowest BCUT2D eigenvalue weighted by molar-refractivity contribution is 0.599. The van der Waals surface area contributed by atoms with Gasteiger partial charge in [-0.15, -0.1) is 0 Å². The highest BCUT2D eigenvalue weighted by molar-refractivity contribution is 6.33. The van der Waals surface area contributed by atoms with E-state index in [4.69, 9.17) is 13.6 Å². The average Bonchev–Trinajstić information content (AvgIpc) is 2.29. The van der Waals surface area contributed by atoms with Gasteiger partial charge in [0.05, 0.1) is 11.4 Å². The summed E-state index contributed by atoms with van der Waals surface area (Å²) in [6.45, 7) is 3.97. The van der Waals surface area contributed by atoms with Crippen molar-refractivity contribution in [3.8, 4) is 0 Å². The number of nitrogen functional groups attached to an aromatic ring is 1. The van der Waals surface area contributed by atoms with E-state index in [0.717, 1.165) is 18.9 Å². The van der Waals surface area contributed by atoms with Crippen LogP contribution in [0.5, 0.6) is 0 Å². The minimum atomic E-state index is -0.895. The highest BCUT2D eigenvalue weighted by Gasteiger charge is 2.14. The molecule has 0 amide bonds. The van der Waals surface area contributed by atoms with E-state index >= 15 is 0 Å². The third-order valence-electron chi connectivity index (χ3n) is 2.64. The average molecular weight is 224 g/mol. The van der Waals surface area contributed by atoms with Crippen LogP contribution in [0.4, 0.5) is 20.2 Å². The van der Waals surface area contributed by atoms with E-state index in [-0.39, 0.29) is 17.4 Å². The van der Waals surface area contributed by atoms with Crippen LogP contribution in [0, 0.1) is 11.6 Å². The predicted molar refractivity (Wildman–Crippen MR) is 64.2 cm³/mol. The molecule has 0 aliphatic heterocycles. The molecule has 0 spiro atoms. The van der Waals surface area contributed by atoms with Crippen LogP contribution >= 0.6 is 0 Å². The van der Waals surface area contributed by atoms with E-state index < -0.39 is 17.1 Å². The maximum absolute atomic E-state index is 13.4. The lowest BCUT2D eigenvalue weighted by atomic mass is 9.93. The Bertz CT molecular complexity index is 379. The van der Waals surface area contributed by atoms with E-state index in [1.807, 2.05) is 13.8 Å². The van der Waals surface area contributed by atoms with E-state index in [1.165, 1.54) is 0 Å². The van der Waals surface area contributed by atoms with Crippen molar-refractivity contribution in [2.75, 3.05) is 11.1 Å². The van der Waals surface area contributed by atoms with Gasteiger partial charge < -0.3 is 11.1 Å². The highest BCUT2D eigenvalue weighted by Crippen LogP contribution is 2.23. The van der Waals surface area contributed by atoms with Gasteiger partial charge >= 0.3 is 0 Å². The second-order valence-corrected chi connectivity index (χ2v) is 3.71. The molecule has 0 aromatic heterocycles. The summed E-state index contributed by atoms with van der Waals surface area (Å²) in [5.74, 6) is -1.69. The van der Waals surface area contributed by atoms with Gasteiger partial charge in [-0.2, -0.15) is 0 Å². The molecule has 0 atom stereocenters. The van der Waals surface area contributed by atoms with Crippen molar-refractivity contribution < 1.29 is 8.78 Å². The molecule has 86 valence electrons. The fourth-order valence-corrected chi connectivity index (χ4v) is 1.48. The van der Waals surface area contributed by atoms with E-state index in [9.17, 15) is 8.78 Å². The van der Waals surface area contributed by atoms with Crippen LogP contribution in [0.25, 0.3) is 0 Å². The first-order chi connectivity index (χ1) is 7.51. The minimum Gasteiger partial charge on any atom is -0.395 e. The molecule has 0 fully saturated rings. The molecule has 0 saturated carbocycles. The van der Waals surface area contributed by atoms with Crippen molar-refractivity contribution in [2.45, 2.75) is 32.7 Å². The Morgan fingerprint density at radius 2 is 1.94 bits per heavy atom. The Balaban J connectivity index is 3.05. The molecule has 0 heterocycles. The van der Waals surface area contributed by atoms with E-state index in [2.05, 4.69) is 5.32 Å². The van der Waals surface area contributed by atoms with Gasteiger partial charge in [0.1, 0.15) is 19.5 Å². The molecule has 0 saturated heterocycles. The summed E-state index contributed by atoms with van der Waals surface area (Å²) in [4.78, 5) is 0. The van der Waals surface area contributed by atoms with Crippen molar-refractivity contribution in [1.29, 1.82) is 0 Å². The number of benzene rings is 1. The highest BCUT2D eigenvalue weighted by atomic mass is 19.1. The first-order valence-electron chi connectivity index (χ1n) is 5.30. The van der Waals surface area contributed by atoms with Crippen LogP contribution < -0.4 is 16.5 Å². The Labute approximate surface area is 95.6 Å². The summed E-state index contributed by atoms with van der Waals surface area (Å²) in [7, 11) is 5.19. The molecule has 3 N–H and O–H groups in total. The number of halogens is 2. The maximum Gasteiger partial charge on any atom is 0.144 e. The van der Waals surface area contributed by atoms with Crippen molar-refractivity contribution in [3.05, 3.63) is 17.7 Å². The molecule has 1 aromatic carbocycles. The summed E-state index contributed by atoms with van der Waals surface area (Å²) >= 11 is 0. The van der Waals surface area contributed by atoms with E-state index in [0.29, 0.717) is 0 Å². The zero-order valence-electron chi connectivity index (χ0n) is 9.48. The van der Waals surface area contributed by atoms with Crippen LogP contribution in [0.2, 0.25) is 0 Å². The van der Waals surface area contributed by atoms with Gasteiger partial charge in [0.15, 0.2) is 0 Å². The van der Waals surface area contributed by atoms with Gasteiger partial charge in [0.25, 0.3) is 0 Å². The van der Waals surface area contributed by atoms with Crippen LogP contribution in [0.15, 0.2) is 6.07 Å². The second kappa shape index (κ2) is 5.19. The zero-order valence-corrected chi connectivity index (χ0v) is 9.48. The third kappa shape index (κ3) is 2.46. The molecule has 16 heavy (non-hydrogen) atoms. The first kappa shape index (κ1) is 12.8. The Kier molecular flexibility index (Phi) is 4.15. The molecule has 0 aliphatic rings. The fourth-order valence-electron chi connectivity index (χ4n) is 1.48. The minimum absolute atomic E-state index is 0.134. The number of anilines is 2. The fraction of sp³-hybridized carbons (Fsp3) is 0.455. The summed E-state index contributed by atoms with van der Waals surface area (Å²) in [6, 6.07) is 1.27. The maximum atomic E-state index is 13.4. The molecule has 1 rings (SSSR count). The first-order valence-corrected chi connectivity index (χ1v) is 5.30. The zero-order chi connectivity index (χ0) is 12.3.